The van der Waals surface area contributed by atoms with E-state index >= 15 is 0 Å². The molecule has 0 saturated carbocycles. The summed E-state index contributed by atoms with van der Waals surface area (Å²) in [6.07, 6.45) is 1.39. The van der Waals surface area contributed by atoms with Crippen LogP contribution in [0.15, 0.2) is 76.1 Å². The van der Waals surface area contributed by atoms with Crippen molar-refractivity contribution in [1.29, 1.82) is 5.26 Å². The summed E-state index contributed by atoms with van der Waals surface area (Å²) < 4.78 is 5.44. The lowest BCUT2D eigenvalue weighted by Gasteiger charge is -2.01. The Hall–Kier alpha value is -3.91. The molecule has 0 spiro atoms. The van der Waals surface area contributed by atoms with E-state index in [9.17, 15) is 5.11 Å². The second kappa shape index (κ2) is 6.54. The van der Waals surface area contributed by atoms with Crippen LogP contribution in [0.3, 0.4) is 0 Å². The Balaban J connectivity index is 1.74. The first kappa shape index (κ1) is 15.6. The number of aromatic nitrogens is 1. The Morgan fingerprint density at radius 1 is 1.00 bits per heavy atom. The van der Waals surface area contributed by atoms with Crippen molar-refractivity contribution in [2.24, 2.45) is 4.99 Å². The molecule has 5 heteroatoms. The lowest BCUT2D eigenvalue weighted by Crippen LogP contribution is -1.85. The molecule has 124 valence electrons. The summed E-state index contributed by atoms with van der Waals surface area (Å²) >= 11 is 0. The number of nitrogens with zero attached hydrogens (tertiary/aromatic N) is 3. The molecule has 0 aliphatic carbocycles. The fourth-order valence-electron chi connectivity index (χ4n) is 2.75. The van der Waals surface area contributed by atoms with Crippen molar-refractivity contribution < 1.29 is 9.52 Å². The number of benzene rings is 3. The third-order valence-corrected chi connectivity index (χ3v) is 4.00. The largest absolute Gasteiger partial charge is 0.479 e. The molecular weight excluding hydrogens is 326 g/mol. The van der Waals surface area contributed by atoms with E-state index in [2.05, 4.69) is 16.0 Å². The van der Waals surface area contributed by atoms with Crippen LogP contribution < -0.4 is 0 Å². The summed E-state index contributed by atoms with van der Waals surface area (Å²) in [5.74, 6) is 0.000409. The summed E-state index contributed by atoms with van der Waals surface area (Å²) in [5, 5.41) is 21.2. The average molecular weight is 339 g/mol. The molecule has 5 nitrogen and oxygen atoms in total. The fraction of sp³-hybridized carbons (Fsp3) is 0. The van der Waals surface area contributed by atoms with E-state index < -0.39 is 0 Å². The molecular formula is C21H13N3O2. The molecule has 4 aromatic rings. The molecule has 4 rings (SSSR count). The lowest BCUT2D eigenvalue weighted by molar-refractivity contribution is 0.337. The number of aromatic hydroxyl groups is 1. The van der Waals surface area contributed by atoms with Gasteiger partial charge in [-0.2, -0.15) is 5.26 Å². The first-order valence-corrected chi connectivity index (χ1v) is 7.97. The standard InChI is InChI=1S/C21H13N3O2/c22-12-15-7-2-4-11-18(15)23-13-19-21(25)26-20(24-19)17-10-5-8-14-6-1-3-9-16(14)17/h1-11,13,25H. The zero-order valence-corrected chi connectivity index (χ0v) is 13.6. The molecule has 1 heterocycles. The second-order valence-electron chi connectivity index (χ2n) is 5.62. The maximum Gasteiger partial charge on any atom is 0.312 e. The molecule has 26 heavy (non-hydrogen) atoms. The quantitative estimate of drug-likeness (QED) is 0.542. The van der Waals surface area contributed by atoms with Gasteiger partial charge in [0.15, 0.2) is 5.69 Å². The number of para-hydroxylation sites is 1. The highest BCUT2D eigenvalue weighted by Crippen LogP contribution is 2.31. The van der Waals surface area contributed by atoms with Crippen molar-refractivity contribution in [3.8, 4) is 23.5 Å². The molecule has 0 atom stereocenters. The minimum Gasteiger partial charge on any atom is -0.479 e. The van der Waals surface area contributed by atoms with E-state index in [4.69, 9.17) is 9.68 Å². The molecule has 3 aromatic carbocycles. The minimum absolute atomic E-state index is 0.209. The Labute approximate surface area is 149 Å². The van der Waals surface area contributed by atoms with Crippen LogP contribution in [-0.4, -0.2) is 16.3 Å². The van der Waals surface area contributed by atoms with Gasteiger partial charge in [-0.3, -0.25) is 4.99 Å². The van der Waals surface area contributed by atoms with Gasteiger partial charge >= 0.3 is 5.95 Å². The third kappa shape index (κ3) is 2.80. The van der Waals surface area contributed by atoms with Crippen molar-refractivity contribution >= 4 is 22.7 Å². The van der Waals surface area contributed by atoms with E-state index in [0.29, 0.717) is 17.1 Å². The van der Waals surface area contributed by atoms with Gasteiger partial charge in [0.1, 0.15) is 6.07 Å². The van der Waals surface area contributed by atoms with Gasteiger partial charge in [0.2, 0.25) is 5.89 Å². The highest BCUT2D eigenvalue weighted by Gasteiger charge is 2.14. The predicted octanol–water partition coefficient (Wildman–Crippen LogP) is 4.82. The number of fused-ring (bicyclic) bond motifs is 1. The van der Waals surface area contributed by atoms with Crippen molar-refractivity contribution in [1.82, 2.24) is 4.98 Å². The maximum absolute atomic E-state index is 10.1. The van der Waals surface area contributed by atoms with Crippen molar-refractivity contribution in [2.45, 2.75) is 0 Å². The van der Waals surface area contributed by atoms with Crippen molar-refractivity contribution in [3.63, 3.8) is 0 Å². The van der Waals surface area contributed by atoms with Gasteiger partial charge < -0.3 is 9.52 Å². The van der Waals surface area contributed by atoms with Crippen LogP contribution in [-0.2, 0) is 0 Å². The topological polar surface area (TPSA) is 82.4 Å². The normalized spacial score (nSPS) is 11.0. The Kier molecular flexibility index (Phi) is 3.92. The zero-order valence-electron chi connectivity index (χ0n) is 13.6. The van der Waals surface area contributed by atoms with E-state index in [1.807, 2.05) is 42.5 Å². The highest BCUT2D eigenvalue weighted by molar-refractivity contribution is 5.95. The lowest BCUT2D eigenvalue weighted by atomic mass is 10.0. The van der Waals surface area contributed by atoms with Gasteiger partial charge in [-0.05, 0) is 29.0 Å². The van der Waals surface area contributed by atoms with E-state index in [1.54, 1.807) is 24.3 Å². The second-order valence-corrected chi connectivity index (χ2v) is 5.62. The summed E-state index contributed by atoms with van der Waals surface area (Å²) in [6, 6.07) is 22.7. The van der Waals surface area contributed by atoms with Crippen LogP contribution in [0.25, 0.3) is 22.2 Å². The van der Waals surface area contributed by atoms with E-state index in [0.717, 1.165) is 16.3 Å². The van der Waals surface area contributed by atoms with Crippen molar-refractivity contribution in [2.75, 3.05) is 0 Å². The van der Waals surface area contributed by atoms with Gasteiger partial charge in [0.05, 0.1) is 17.5 Å². The number of aliphatic imine (C=N–C) groups is 1. The molecule has 0 aliphatic rings. The molecule has 0 fully saturated rings. The minimum atomic E-state index is -0.314. The third-order valence-electron chi connectivity index (χ3n) is 4.00. The van der Waals surface area contributed by atoms with Crippen molar-refractivity contribution in [3.05, 3.63) is 78.0 Å². The molecule has 0 unspecified atom stereocenters. The fourth-order valence-corrected chi connectivity index (χ4v) is 2.75. The summed E-state index contributed by atoms with van der Waals surface area (Å²) in [5.41, 5.74) is 1.95. The Bertz CT molecular complexity index is 1160. The smallest absolute Gasteiger partial charge is 0.312 e. The number of hydrogen-bond donors (Lipinski definition) is 1. The highest BCUT2D eigenvalue weighted by atomic mass is 16.5. The monoisotopic (exact) mass is 339 g/mol. The first-order valence-electron chi connectivity index (χ1n) is 7.97. The molecule has 0 radical (unpaired) electrons. The molecule has 0 aliphatic heterocycles. The van der Waals surface area contributed by atoms with Crippen LogP contribution >= 0.6 is 0 Å². The Morgan fingerprint density at radius 3 is 2.65 bits per heavy atom. The predicted molar refractivity (Wildman–Crippen MR) is 99.5 cm³/mol. The number of oxazole rings is 1. The number of nitriles is 1. The van der Waals surface area contributed by atoms with E-state index in [1.165, 1.54) is 6.21 Å². The molecule has 0 bridgehead atoms. The van der Waals surface area contributed by atoms with Gasteiger partial charge in [0.25, 0.3) is 0 Å². The van der Waals surface area contributed by atoms with Crippen LogP contribution in [0.1, 0.15) is 11.3 Å². The van der Waals surface area contributed by atoms with Gasteiger partial charge in [-0.15, -0.1) is 0 Å². The molecule has 1 aromatic heterocycles. The molecule has 0 amide bonds. The number of hydrogen-bond acceptors (Lipinski definition) is 5. The molecule has 0 saturated heterocycles. The average Bonchev–Trinajstić information content (AvgIpc) is 3.06. The van der Waals surface area contributed by atoms with Gasteiger partial charge in [-0.25, -0.2) is 4.98 Å². The molecule has 1 N–H and O–H groups in total. The summed E-state index contributed by atoms with van der Waals surface area (Å²) in [4.78, 5) is 8.60. The van der Waals surface area contributed by atoms with Gasteiger partial charge in [-0.1, -0.05) is 48.5 Å². The van der Waals surface area contributed by atoms with E-state index in [-0.39, 0.29) is 11.6 Å². The number of rotatable bonds is 3. The maximum atomic E-state index is 10.1. The first-order chi connectivity index (χ1) is 12.8. The summed E-state index contributed by atoms with van der Waals surface area (Å²) in [6.45, 7) is 0. The zero-order chi connectivity index (χ0) is 17.9. The van der Waals surface area contributed by atoms with Gasteiger partial charge in [0, 0.05) is 5.56 Å². The van der Waals surface area contributed by atoms with Crippen LogP contribution in [0.4, 0.5) is 5.69 Å². The Morgan fingerprint density at radius 2 is 1.77 bits per heavy atom. The summed E-state index contributed by atoms with van der Waals surface area (Å²) in [7, 11) is 0. The van der Waals surface area contributed by atoms with Crippen LogP contribution in [0.5, 0.6) is 5.95 Å². The van der Waals surface area contributed by atoms with Crippen LogP contribution in [0, 0.1) is 11.3 Å². The SMILES string of the molecule is N#Cc1ccccc1N=Cc1nc(-c2cccc3ccccc23)oc1O. The van der Waals surface area contributed by atoms with Crippen LogP contribution in [0.2, 0.25) is 0 Å².